The van der Waals surface area contributed by atoms with Crippen molar-refractivity contribution in [2.24, 2.45) is 12.5 Å². The molecule has 1 atom stereocenters. The van der Waals surface area contributed by atoms with Crippen LogP contribution in [-0.4, -0.2) is 42.7 Å². The van der Waals surface area contributed by atoms with E-state index in [0.29, 0.717) is 23.4 Å². The van der Waals surface area contributed by atoms with Crippen molar-refractivity contribution in [3.05, 3.63) is 111 Å². The van der Waals surface area contributed by atoms with E-state index in [4.69, 9.17) is 21.6 Å². The van der Waals surface area contributed by atoms with Gasteiger partial charge in [-0.15, -0.1) is 0 Å². The van der Waals surface area contributed by atoms with Gasteiger partial charge in [-0.25, -0.2) is 19.3 Å². The normalized spacial score (nSPS) is 18.3. The monoisotopic (exact) mass is 581 g/mol. The summed E-state index contributed by atoms with van der Waals surface area (Å²) in [7, 11) is 1.70. The van der Waals surface area contributed by atoms with Crippen LogP contribution in [0.2, 0.25) is 5.02 Å². The minimum absolute atomic E-state index is 0.0598. The summed E-state index contributed by atoms with van der Waals surface area (Å²) in [6, 6.07) is 13.0. The number of hydrogen-bond acceptors (Lipinski definition) is 8. The molecule has 0 radical (unpaired) electrons. The number of aromatic nitrogens is 4. The first-order valence-electron chi connectivity index (χ1n) is 12.9. The van der Waals surface area contributed by atoms with Crippen molar-refractivity contribution in [2.45, 2.75) is 25.1 Å². The van der Waals surface area contributed by atoms with E-state index in [2.05, 4.69) is 21.0 Å². The molecular weight excluding hydrogens is 561 g/mol. The molecule has 3 heterocycles. The lowest BCUT2D eigenvalue weighted by molar-refractivity contribution is -0.122. The number of ketones is 1. The molecule has 4 aromatic rings. The molecule has 1 fully saturated rings. The van der Waals surface area contributed by atoms with E-state index in [9.17, 15) is 14.9 Å². The Morgan fingerprint density at radius 1 is 1.14 bits per heavy atom. The number of hydrogen-bond donors (Lipinski definition) is 0. The molecule has 12 heteroatoms. The van der Waals surface area contributed by atoms with Crippen LogP contribution in [0.1, 0.15) is 61.8 Å². The van der Waals surface area contributed by atoms with Crippen molar-refractivity contribution < 1.29 is 18.7 Å². The molecule has 1 amide bonds. The van der Waals surface area contributed by atoms with Gasteiger partial charge in [0.05, 0.1) is 47.7 Å². The van der Waals surface area contributed by atoms with Crippen LogP contribution in [0.4, 0.5) is 4.39 Å². The number of carbonyl (C=O) groups is 2. The summed E-state index contributed by atoms with van der Waals surface area (Å²) in [6.45, 7) is -0.317. The van der Waals surface area contributed by atoms with Crippen molar-refractivity contribution in [2.75, 3.05) is 6.61 Å². The lowest BCUT2D eigenvalue weighted by Gasteiger charge is -2.39. The quantitative estimate of drug-likeness (QED) is 0.281. The molecule has 10 nitrogen and oxygen atoms in total. The highest BCUT2D eigenvalue weighted by molar-refractivity contribution is 6.30. The van der Waals surface area contributed by atoms with Crippen LogP contribution in [-0.2, 0) is 24.1 Å². The number of ether oxygens (including phenoxy) is 1. The lowest BCUT2D eigenvalue weighted by atomic mass is 9.90. The Bertz CT molecular complexity index is 1820. The van der Waals surface area contributed by atoms with Crippen molar-refractivity contribution in [1.29, 1.82) is 10.5 Å². The van der Waals surface area contributed by atoms with Gasteiger partial charge >= 0.3 is 0 Å². The fourth-order valence-corrected chi connectivity index (χ4v) is 5.19. The van der Waals surface area contributed by atoms with Gasteiger partial charge in [-0.3, -0.25) is 14.5 Å². The smallest absolute Gasteiger partial charge is 0.257 e. The SMILES string of the molecule is Cn1cnc(C(=O)c2cc(F)c3c(c2)C(=O)N(Cc2ncc(C#N)cn2)C3(OCC2(C#N)CC2)c2ccc(Cl)cc2)c1. The van der Waals surface area contributed by atoms with Crippen LogP contribution in [0.15, 0.2) is 61.3 Å². The molecule has 2 aliphatic rings. The number of benzene rings is 2. The maximum Gasteiger partial charge on any atom is 0.257 e. The summed E-state index contributed by atoms with van der Waals surface area (Å²) in [4.78, 5) is 41.2. The van der Waals surface area contributed by atoms with E-state index in [1.54, 1.807) is 35.9 Å². The number of rotatable bonds is 8. The summed E-state index contributed by atoms with van der Waals surface area (Å²) < 4.78 is 24.5. The Labute approximate surface area is 244 Å². The Morgan fingerprint density at radius 3 is 2.45 bits per heavy atom. The maximum absolute atomic E-state index is 16.4. The van der Waals surface area contributed by atoms with Crippen molar-refractivity contribution >= 4 is 23.3 Å². The molecular formula is C30H21ClFN7O3. The second-order valence-electron chi connectivity index (χ2n) is 10.4. The third kappa shape index (κ3) is 4.49. The van der Waals surface area contributed by atoms with Gasteiger partial charge in [-0.2, -0.15) is 10.5 Å². The molecule has 6 rings (SSSR count). The van der Waals surface area contributed by atoms with E-state index < -0.39 is 28.6 Å². The molecule has 2 aromatic carbocycles. The van der Waals surface area contributed by atoms with Crippen LogP contribution >= 0.6 is 11.6 Å². The number of fused-ring (bicyclic) bond motifs is 1. The zero-order valence-electron chi connectivity index (χ0n) is 22.2. The third-order valence-corrected chi connectivity index (χ3v) is 7.75. The molecule has 42 heavy (non-hydrogen) atoms. The molecule has 2 aromatic heterocycles. The predicted molar refractivity (Wildman–Crippen MR) is 145 cm³/mol. The predicted octanol–water partition coefficient (Wildman–Crippen LogP) is 4.28. The van der Waals surface area contributed by atoms with Crippen LogP contribution in [0, 0.1) is 33.9 Å². The molecule has 0 N–H and O–H groups in total. The number of nitriles is 2. The zero-order valence-corrected chi connectivity index (χ0v) is 23.0. The van der Waals surface area contributed by atoms with E-state index in [1.165, 1.54) is 35.9 Å². The maximum atomic E-state index is 16.4. The minimum Gasteiger partial charge on any atom is -0.345 e. The topological polar surface area (TPSA) is 138 Å². The van der Waals surface area contributed by atoms with Gasteiger partial charge in [0.25, 0.3) is 5.91 Å². The van der Waals surface area contributed by atoms with E-state index in [1.807, 2.05) is 6.07 Å². The fraction of sp³-hybridized carbons (Fsp3) is 0.233. The molecule has 1 saturated carbocycles. The molecule has 1 aliphatic heterocycles. The Morgan fingerprint density at radius 2 is 1.86 bits per heavy atom. The zero-order chi connectivity index (χ0) is 29.6. The van der Waals surface area contributed by atoms with Crippen LogP contribution in [0.5, 0.6) is 0 Å². The number of aryl methyl sites for hydroxylation is 1. The number of imidazole rings is 1. The standard InChI is InChI=1S/C30H21ClFN7O3/c1-38-13-24(37-17-38)27(40)19-8-22-26(23(32)9-19)30(20-2-4-21(31)5-3-20,42-16-29(15-34)6-7-29)39(28(22)41)14-25-35-11-18(10-33)12-36-25/h2-5,8-9,11-13,17H,6-7,14,16H2,1H3. The first kappa shape index (κ1) is 27.2. The highest BCUT2D eigenvalue weighted by Gasteiger charge is 2.57. The third-order valence-electron chi connectivity index (χ3n) is 7.50. The fourth-order valence-electron chi connectivity index (χ4n) is 5.06. The summed E-state index contributed by atoms with van der Waals surface area (Å²) >= 11 is 6.19. The number of nitrogens with zero attached hydrogens (tertiary/aromatic N) is 7. The van der Waals surface area contributed by atoms with E-state index in [-0.39, 0.29) is 46.9 Å². The van der Waals surface area contributed by atoms with E-state index in [0.717, 1.165) is 6.07 Å². The van der Waals surface area contributed by atoms with Crippen molar-refractivity contribution in [3.63, 3.8) is 0 Å². The lowest BCUT2D eigenvalue weighted by Crippen LogP contribution is -2.48. The highest BCUT2D eigenvalue weighted by Crippen LogP contribution is 2.52. The van der Waals surface area contributed by atoms with Gasteiger partial charge in [0.2, 0.25) is 5.78 Å². The Balaban J connectivity index is 1.55. The number of amides is 1. The largest absolute Gasteiger partial charge is 0.345 e. The summed E-state index contributed by atoms with van der Waals surface area (Å²) in [5.41, 5.74) is -2.17. The molecule has 0 spiro atoms. The summed E-state index contributed by atoms with van der Waals surface area (Å²) in [5.74, 6) is -1.87. The second kappa shape index (κ2) is 10.1. The average molecular weight is 582 g/mol. The number of carbonyl (C=O) groups excluding carboxylic acids is 2. The van der Waals surface area contributed by atoms with Gasteiger partial charge in [0, 0.05) is 41.8 Å². The van der Waals surface area contributed by atoms with Crippen LogP contribution in [0.3, 0.4) is 0 Å². The molecule has 208 valence electrons. The highest BCUT2D eigenvalue weighted by atomic mass is 35.5. The van der Waals surface area contributed by atoms with Crippen LogP contribution in [0.25, 0.3) is 0 Å². The van der Waals surface area contributed by atoms with E-state index >= 15 is 4.39 Å². The minimum atomic E-state index is -1.85. The average Bonchev–Trinajstić information content (AvgIpc) is 3.59. The Kier molecular flexibility index (Phi) is 6.57. The number of halogens is 2. The van der Waals surface area contributed by atoms with Crippen molar-refractivity contribution in [1.82, 2.24) is 24.4 Å². The second-order valence-corrected chi connectivity index (χ2v) is 10.8. The van der Waals surface area contributed by atoms with Gasteiger partial charge in [0.15, 0.2) is 5.72 Å². The molecule has 0 saturated heterocycles. The van der Waals surface area contributed by atoms with Gasteiger partial charge in [-0.1, -0.05) is 23.7 Å². The van der Waals surface area contributed by atoms with Gasteiger partial charge in [0.1, 0.15) is 23.4 Å². The van der Waals surface area contributed by atoms with Gasteiger partial charge < -0.3 is 9.30 Å². The summed E-state index contributed by atoms with van der Waals surface area (Å²) in [5, 5.41) is 19.4. The van der Waals surface area contributed by atoms with Crippen LogP contribution < -0.4 is 0 Å². The Hall–Kier alpha value is -4.97. The molecule has 1 aliphatic carbocycles. The first-order valence-corrected chi connectivity index (χ1v) is 13.3. The van der Waals surface area contributed by atoms with Gasteiger partial charge in [-0.05, 0) is 37.1 Å². The first-order chi connectivity index (χ1) is 20.2. The molecule has 1 unspecified atom stereocenters. The van der Waals surface area contributed by atoms with Crippen molar-refractivity contribution in [3.8, 4) is 12.1 Å². The summed E-state index contributed by atoms with van der Waals surface area (Å²) in [6.07, 6.45) is 6.78. The molecule has 0 bridgehead atoms.